The molecule has 2 saturated heterocycles. The molecule has 4 rings (SSSR count). The lowest BCUT2D eigenvalue weighted by Crippen LogP contribution is -2.63. The Hall–Kier alpha value is -6.48. The fourth-order valence-electron chi connectivity index (χ4n) is 15.5. The molecule has 2 aliphatic heterocycles. The molecule has 12 amide bonds. The van der Waals surface area contributed by atoms with Crippen LogP contribution in [0, 0.1) is 41.4 Å². The summed E-state index contributed by atoms with van der Waals surface area (Å²) in [5, 5.41) is 33.4. The molecule has 4 fully saturated rings. The fraction of sp³-hybridized carbons (Fsp3) is 0.846. The topological polar surface area (TPSA) is 329 Å². The highest BCUT2D eigenvalue weighted by Gasteiger charge is 2.46. The Bertz CT molecular complexity index is 2840. The second-order valence-electron chi connectivity index (χ2n) is 32.9. The highest BCUT2D eigenvalue weighted by Crippen LogP contribution is 2.32. The van der Waals surface area contributed by atoms with E-state index in [2.05, 4.69) is 21.3 Å². The molecule has 2 saturated carbocycles. The smallest absolute Gasteiger partial charge is 0.248 e. The first kappa shape index (κ1) is 90.9. The van der Waals surface area contributed by atoms with Gasteiger partial charge in [0.1, 0.15) is 60.4 Å². The van der Waals surface area contributed by atoms with Gasteiger partial charge in [-0.1, -0.05) is 147 Å². The van der Waals surface area contributed by atoms with Crippen molar-refractivity contribution in [3.05, 3.63) is 0 Å². The minimum absolute atomic E-state index is 0.00473. The predicted molar refractivity (Wildman–Crippen MR) is 403 cm³/mol. The lowest BCUT2D eigenvalue weighted by molar-refractivity contribution is -0.153. The number of likely N-dealkylation sites (N-methyl/N-ethyl adjacent to an activating group) is 6. The van der Waals surface area contributed by atoms with Gasteiger partial charge in [-0.2, -0.15) is 0 Å². The normalized spacial score (nSPS) is 27.0. The minimum atomic E-state index is -1.66. The average Bonchev–Trinajstić information content (AvgIpc) is 0.817. The van der Waals surface area contributed by atoms with Crippen LogP contribution in [-0.4, -0.2) is 275 Å². The Labute approximate surface area is 628 Å². The van der Waals surface area contributed by atoms with Gasteiger partial charge in [0, 0.05) is 68.5 Å². The molecule has 4 aliphatic rings. The van der Waals surface area contributed by atoms with E-state index >= 15 is 43.2 Å². The molecular formula is C78H138N12O15. The Morgan fingerprint density at radius 2 is 0.933 bits per heavy atom. The van der Waals surface area contributed by atoms with E-state index in [1.54, 1.807) is 39.5 Å². The number of piperidine rings is 1. The lowest BCUT2D eigenvalue weighted by Gasteiger charge is -2.40. The highest BCUT2D eigenvalue weighted by atomic mass is 16.5. The van der Waals surface area contributed by atoms with Crippen molar-refractivity contribution in [3.8, 4) is 0 Å². The molecule has 27 heteroatoms. The molecule has 105 heavy (non-hydrogen) atoms. The Kier molecular flexibility index (Phi) is 38.2. The molecule has 6 N–H and O–H groups in total. The van der Waals surface area contributed by atoms with Gasteiger partial charge in [-0.3, -0.25) is 57.5 Å². The van der Waals surface area contributed by atoms with Gasteiger partial charge >= 0.3 is 0 Å². The number of aliphatic hydroxyl groups excluding tert-OH is 2. The van der Waals surface area contributed by atoms with E-state index in [-0.39, 0.29) is 81.3 Å². The van der Waals surface area contributed by atoms with E-state index in [1.165, 1.54) is 83.5 Å². The first-order chi connectivity index (χ1) is 49.3. The minimum Gasteiger partial charge on any atom is -0.393 e. The van der Waals surface area contributed by atoms with Crippen molar-refractivity contribution >= 4 is 70.9 Å². The SMILES string of the molecule is CCCCN1CC(=O)N(C)[C@@H](CC(C)C)C(=O)N[C@H](C(=O)N2CCCCC2)CC(=O)N(C)[C@@H](C(C)C)C(=O)N[C@@H](CC(C)C)C(=O)N(C)[C@@H](CC(C)C)C(=O)N(C)[C@@H](CC2CCCCC2)C(=O)N[C@@H](COCC[C@@H](C)O)C(=O)N(C)[C@@H](CC2CCCCC2)C(=O)N(C)[C@@H](C(C)C)C(=O)N[C@@H]([C@@H](C)O)C1=O. The summed E-state index contributed by atoms with van der Waals surface area (Å²) >= 11 is 0. The zero-order chi connectivity index (χ0) is 78.9. The summed E-state index contributed by atoms with van der Waals surface area (Å²) in [6.07, 6.45) is 9.82. The van der Waals surface area contributed by atoms with Crippen LogP contribution in [0.5, 0.6) is 0 Å². The van der Waals surface area contributed by atoms with Crippen molar-refractivity contribution < 1.29 is 72.5 Å². The number of nitrogens with one attached hydrogen (secondary N) is 4. The third kappa shape index (κ3) is 27.3. The van der Waals surface area contributed by atoms with Crippen molar-refractivity contribution in [1.29, 1.82) is 0 Å². The van der Waals surface area contributed by atoms with Gasteiger partial charge in [0.15, 0.2) is 0 Å². The molecule has 2 heterocycles. The van der Waals surface area contributed by atoms with E-state index in [4.69, 9.17) is 4.74 Å². The standard InChI is InChI=1S/C78H138N12O15/c1-20-21-36-90-46-65(94)83(14)60(41-49(4)5)69(95)79-58(75(101)89-37-29-24-30-38-89)45-64(93)87(18)67(51(8)9)71(97)80-57(40-48(2)3)73(99)85(16)62(42-50(6)7)76(102)84(15)61(43-55-31-25-22-26-32-55)70(96)81-59(47-105-39-35-53(12)91)74(100)86(17)63(44-56-33-27-23-28-34-56)77(103)88(19)68(52(10)11)72(98)82-66(54(13)92)78(90)104/h48-63,66-68,91-92H,20-47H2,1-19H3,(H,79,95)(H,80,97)(H,81,96)(H,82,98)/t53-,54-,57+,58+,59+,60+,61+,62+,63+,66+,67+,68+/m1/s1. The van der Waals surface area contributed by atoms with Gasteiger partial charge < -0.3 is 75.4 Å². The van der Waals surface area contributed by atoms with E-state index in [0.717, 1.165) is 70.6 Å². The molecule has 0 radical (unpaired) electrons. The lowest BCUT2D eigenvalue weighted by atomic mass is 9.84. The molecule has 2 aliphatic carbocycles. The van der Waals surface area contributed by atoms with Gasteiger partial charge in [0.2, 0.25) is 70.9 Å². The Morgan fingerprint density at radius 1 is 0.476 bits per heavy atom. The maximum atomic E-state index is 15.7. The number of unbranched alkanes of at least 4 members (excludes halogenated alkanes) is 1. The zero-order valence-electron chi connectivity index (χ0n) is 67.5. The van der Waals surface area contributed by atoms with E-state index in [1.807, 2.05) is 48.5 Å². The van der Waals surface area contributed by atoms with Crippen molar-refractivity contribution in [2.45, 2.75) is 304 Å². The van der Waals surface area contributed by atoms with Gasteiger partial charge in [0.05, 0.1) is 31.8 Å². The number of rotatable bonds is 22. The summed E-state index contributed by atoms with van der Waals surface area (Å²) in [6.45, 7) is 22.7. The summed E-state index contributed by atoms with van der Waals surface area (Å²) in [5.74, 6) is -9.98. The number of carbonyl (C=O) groups excluding carboxylic acids is 12. The quantitative estimate of drug-likeness (QED) is 0.0730. The maximum Gasteiger partial charge on any atom is 0.248 e. The van der Waals surface area contributed by atoms with Crippen LogP contribution in [0.25, 0.3) is 0 Å². The molecule has 0 aromatic carbocycles. The first-order valence-electron chi connectivity index (χ1n) is 39.7. The van der Waals surface area contributed by atoms with Gasteiger partial charge in [0.25, 0.3) is 0 Å². The van der Waals surface area contributed by atoms with E-state index < -0.39 is 175 Å². The number of hydrogen-bond acceptors (Lipinski definition) is 15. The maximum absolute atomic E-state index is 15.7. The van der Waals surface area contributed by atoms with Gasteiger partial charge in [-0.25, -0.2) is 0 Å². The molecule has 0 aromatic rings. The summed E-state index contributed by atoms with van der Waals surface area (Å²) < 4.78 is 6.10. The summed E-state index contributed by atoms with van der Waals surface area (Å²) in [6, 6.07) is -13.2. The van der Waals surface area contributed by atoms with E-state index in [0.29, 0.717) is 38.8 Å². The van der Waals surface area contributed by atoms with Crippen LogP contribution in [0.2, 0.25) is 0 Å². The van der Waals surface area contributed by atoms with Crippen LogP contribution in [0.3, 0.4) is 0 Å². The predicted octanol–water partition coefficient (Wildman–Crippen LogP) is 5.49. The van der Waals surface area contributed by atoms with Crippen LogP contribution in [0.1, 0.15) is 231 Å². The first-order valence-corrected chi connectivity index (χ1v) is 39.7. The number of hydrogen-bond donors (Lipinski definition) is 6. The van der Waals surface area contributed by atoms with Crippen molar-refractivity contribution in [3.63, 3.8) is 0 Å². The molecule has 12 atom stereocenters. The number of nitrogens with zero attached hydrogens (tertiary/aromatic N) is 8. The zero-order valence-corrected chi connectivity index (χ0v) is 67.5. The Morgan fingerprint density at radius 3 is 1.45 bits per heavy atom. The van der Waals surface area contributed by atoms with Crippen LogP contribution >= 0.6 is 0 Å². The Balaban J connectivity index is 2.02. The average molecular weight is 1480 g/mol. The van der Waals surface area contributed by atoms with Gasteiger partial charge in [-0.05, 0) is 119 Å². The number of aliphatic hydroxyl groups is 2. The second kappa shape index (κ2) is 44.1. The fourth-order valence-corrected chi connectivity index (χ4v) is 15.5. The molecular weight excluding hydrogens is 1340 g/mol. The molecule has 600 valence electrons. The van der Waals surface area contributed by atoms with Crippen LogP contribution in [0.4, 0.5) is 0 Å². The number of amides is 12. The second-order valence-corrected chi connectivity index (χ2v) is 32.9. The van der Waals surface area contributed by atoms with Gasteiger partial charge in [-0.15, -0.1) is 0 Å². The van der Waals surface area contributed by atoms with Crippen LogP contribution < -0.4 is 21.3 Å². The highest BCUT2D eigenvalue weighted by molar-refractivity contribution is 6.00. The number of carbonyl (C=O) groups is 12. The number of likely N-dealkylation sites (tertiary alicyclic amines) is 1. The van der Waals surface area contributed by atoms with Crippen molar-refractivity contribution in [2.24, 2.45) is 41.4 Å². The van der Waals surface area contributed by atoms with E-state index in [9.17, 15) is 24.6 Å². The van der Waals surface area contributed by atoms with Crippen molar-refractivity contribution in [1.82, 2.24) is 60.5 Å². The molecule has 0 aromatic heterocycles. The summed E-state index contributed by atoms with van der Waals surface area (Å²) in [7, 11) is 8.77. The molecule has 0 bridgehead atoms. The van der Waals surface area contributed by atoms with Crippen LogP contribution in [0.15, 0.2) is 0 Å². The molecule has 27 nitrogen and oxygen atoms in total. The van der Waals surface area contributed by atoms with Crippen molar-refractivity contribution in [2.75, 3.05) is 81.7 Å². The largest absolute Gasteiger partial charge is 0.393 e. The monoisotopic (exact) mass is 1480 g/mol. The third-order valence-electron chi connectivity index (χ3n) is 21.8. The summed E-state index contributed by atoms with van der Waals surface area (Å²) in [4.78, 5) is 193. The van der Waals surface area contributed by atoms with Crippen LogP contribution in [-0.2, 0) is 62.3 Å². The third-order valence-corrected chi connectivity index (χ3v) is 21.8. The molecule has 0 unspecified atom stereocenters. The number of ether oxygens (including phenoxy) is 1. The summed E-state index contributed by atoms with van der Waals surface area (Å²) in [5.41, 5.74) is 0. The molecule has 0 spiro atoms.